The van der Waals surface area contributed by atoms with Gasteiger partial charge in [0, 0.05) is 18.7 Å². The van der Waals surface area contributed by atoms with Gasteiger partial charge >= 0.3 is 6.18 Å². The lowest BCUT2D eigenvalue weighted by Gasteiger charge is -2.27. The number of amides is 1. The fraction of sp³-hybridized carbons (Fsp3) is 0.533. The van der Waals surface area contributed by atoms with E-state index in [4.69, 9.17) is 0 Å². The fourth-order valence-corrected chi connectivity index (χ4v) is 3.11. The van der Waals surface area contributed by atoms with E-state index in [0.717, 1.165) is 25.9 Å². The van der Waals surface area contributed by atoms with Gasteiger partial charge in [0.1, 0.15) is 0 Å². The molecule has 6 heteroatoms. The van der Waals surface area contributed by atoms with Crippen LogP contribution in [0.5, 0.6) is 0 Å². The summed E-state index contributed by atoms with van der Waals surface area (Å²) in [5, 5.41) is 2.48. The van der Waals surface area contributed by atoms with E-state index in [-0.39, 0.29) is 17.7 Å². The van der Waals surface area contributed by atoms with E-state index in [1.54, 1.807) is 6.07 Å². The summed E-state index contributed by atoms with van der Waals surface area (Å²) < 4.78 is 39.5. The highest BCUT2D eigenvalue weighted by atomic mass is 19.4. The predicted molar refractivity (Wildman–Crippen MR) is 71.7 cm³/mol. The summed E-state index contributed by atoms with van der Waals surface area (Å²) in [5.74, 6) is -0.406. The number of hydrogen-bond acceptors (Lipinski definition) is 2. The second-order valence-corrected chi connectivity index (χ2v) is 5.69. The number of rotatable bonds is 2. The smallest absolute Gasteiger partial charge is 0.348 e. The van der Waals surface area contributed by atoms with Crippen molar-refractivity contribution >= 4 is 5.91 Å². The van der Waals surface area contributed by atoms with Gasteiger partial charge in [-0.25, -0.2) is 0 Å². The molecule has 1 fully saturated rings. The third-order valence-corrected chi connectivity index (χ3v) is 4.14. The average Bonchev–Trinajstić information content (AvgIpc) is 2.80. The topological polar surface area (TPSA) is 32.3 Å². The van der Waals surface area contributed by atoms with Gasteiger partial charge in [-0.1, -0.05) is 6.42 Å². The summed E-state index contributed by atoms with van der Waals surface area (Å²) in [6.45, 7) is 2.26. The molecule has 1 aromatic carbocycles. The Morgan fingerprint density at radius 3 is 2.52 bits per heavy atom. The maximum Gasteiger partial charge on any atom is 0.416 e. The summed E-state index contributed by atoms with van der Waals surface area (Å²) >= 11 is 0. The average molecular weight is 298 g/mol. The number of fused-ring (bicyclic) bond motifs is 1. The first-order chi connectivity index (χ1) is 9.95. The molecule has 0 bridgehead atoms. The van der Waals surface area contributed by atoms with Crippen LogP contribution < -0.4 is 5.32 Å². The number of carbonyl (C=O) groups is 1. The lowest BCUT2D eigenvalue weighted by atomic mass is 9.98. The molecular formula is C15H17F3N2O. The van der Waals surface area contributed by atoms with E-state index in [9.17, 15) is 18.0 Å². The van der Waals surface area contributed by atoms with Gasteiger partial charge in [0.25, 0.3) is 5.91 Å². The summed E-state index contributed by atoms with van der Waals surface area (Å²) in [6, 6.07) is 2.81. The van der Waals surface area contributed by atoms with Crippen molar-refractivity contribution in [3.05, 3.63) is 34.4 Å². The van der Waals surface area contributed by atoms with Crippen LogP contribution in [-0.4, -0.2) is 23.9 Å². The van der Waals surface area contributed by atoms with Crippen LogP contribution in [0.2, 0.25) is 0 Å². The molecule has 21 heavy (non-hydrogen) atoms. The third kappa shape index (κ3) is 2.90. The molecule has 0 aromatic heterocycles. The van der Waals surface area contributed by atoms with Crippen molar-refractivity contribution in [3.8, 4) is 0 Å². The predicted octanol–water partition coefficient (Wildman–Crippen LogP) is 2.93. The number of piperidine rings is 1. The van der Waals surface area contributed by atoms with Crippen LogP contribution in [0.3, 0.4) is 0 Å². The van der Waals surface area contributed by atoms with Crippen molar-refractivity contribution in [2.75, 3.05) is 13.1 Å². The zero-order valence-electron chi connectivity index (χ0n) is 11.6. The largest absolute Gasteiger partial charge is 0.416 e. The Labute approximate surface area is 121 Å². The van der Waals surface area contributed by atoms with Gasteiger partial charge < -0.3 is 5.32 Å². The lowest BCUT2D eigenvalue weighted by Crippen LogP contribution is -2.29. The van der Waals surface area contributed by atoms with E-state index < -0.39 is 17.6 Å². The second kappa shape index (κ2) is 5.33. The molecule has 2 heterocycles. The van der Waals surface area contributed by atoms with Crippen molar-refractivity contribution in [2.24, 2.45) is 0 Å². The van der Waals surface area contributed by atoms with Crippen molar-refractivity contribution in [1.29, 1.82) is 0 Å². The molecule has 0 spiro atoms. The van der Waals surface area contributed by atoms with Crippen LogP contribution in [0.15, 0.2) is 12.1 Å². The number of benzene rings is 1. The molecule has 0 saturated carbocycles. The van der Waals surface area contributed by atoms with E-state index in [1.807, 2.05) is 0 Å². The van der Waals surface area contributed by atoms with Gasteiger partial charge in [-0.3, -0.25) is 9.69 Å². The quantitative estimate of drug-likeness (QED) is 0.910. The van der Waals surface area contributed by atoms with E-state index in [2.05, 4.69) is 10.2 Å². The standard InChI is InChI=1S/C15H17F3N2O/c16-15(17,18)13-7-10(9-20-4-2-1-3-5-20)6-11-12(13)8-19-14(11)21/h6-7H,1-5,8-9H2,(H,19,21). The van der Waals surface area contributed by atoms with Crippen LogP contribution >= 0.6 is 0 Å². The number of hydrogen-bond donors (Lipinski definition) is 1. The van der Waals surface area contributed by atoms with Crippen molar-refractivity contribution in [2.45, 2.75) is 38.5 Å². The van der Waals surface area contributed by atoms with Gasteiger partial charge in [-0.2, -0.15) is 13.2 Å². The zero-order chi connectivity index (χ0) is 15.0. The number of nitrogens with zero attached hydrogens (tertiary/aromatic N) is 1. The summed E-state index contributed by atoms with van der Waals surface area (Å²) in [7, 11) is 0. The molecule has 3 nitrogen and oxygen atoms in total. The van der Waals surface area contributed by atoms with E-state index in [0.29, 0.717) is 12.1 Å². The highest BCUT2D eigenvalue weighted by Crippen LogP contribution is 2.36. The monoisotopic (exact) mass is 298 g/mol. The lowest BCUT2D eigenvalue weighted by molar-refractivity contribution is -0.138. The SMILES string of the molecule is O=C1NCc2c1cc(CN1CCCCC1)cc2C(F)(F)F. The molecule has 1 amide bonds. The Morgan fingerprint density at radius 1 is 1.14 bits per heavy atom. The zero-order valence-corrected chi connectivity index (χ0v) is 11.6. The fourth-order valence-electron chi connectivity index (χ4n) is 3.11. The van der Waals surface area contributed by atoms with Crippen LogP contribution in [-0.2, 0) is 19.3 Å². The maximum absolute atomic E-state index is 13.2. The minimum Gasteiger partial charge on any atom is -0.348 e. The summed E-state index contributed by atoms with van der Waals surface area (Å²) in [6.07, 6.45) is -1.08. The third-order valence-electron chi connectivity index (χ3n) is 4.14. The second-order valence-electron chi connectivity index (χ2n) is 5.69. The highest BCUT2D eigenvalue weighted by molar-refractivity contribution is 5.99. The normalized spacial score (nSPS) is 19.5. The Kier molecular flexibility index (Phi) is 3.65. The molecule has 2 aliphatic heterocycles. The molecule has 0 atom stereocenters. The van der Waals surface area contributed by atoms with Crippen molar-refractivity contribution in [3.63, 3.8) is 0 Å². The number of likely N-dealkylation sites (tertiary alicyclic amines) is 1. The Balaban J connectivity index is 1.94. The molecular weight excluding hydrogens is 281 g/mol. The Morgan fingerprint density at radius 2 is 1.86 bits per heavy atom. The first-order valence-electron chi connectivity index (χ1n) is 7.19. The number of halogens is 3. The summed E-state index contributed by atoms with van der Waals surface area (Å²) in [4.78, 5) is 13.8. The van der Waals surface area contributed by atoms with Crippen LogP contribution in [0.25, 0.3) is 0 Å². The first-order valence-corrected chi connectivity index (χ1v) is 7.19. The van der Waals surface area contributed by atoms with Crippen LogP contribution in [0.4, 0.5) is 13.2 Å². The van der Waals surface area contributed by atoms with Gasteiger partial charge in [0.2, 0.25) is 0 Å². The molecule has 1 aromatic rings. The Hall–Kier alpha value is -1.56. The van der Waals surface area contributed by atoms with Gasteiger partial charge in [-0.15, -0.1) is 0 Å². The molecule has 3 rings (SSSR count). The van der Waals surface area contributed by atoms with E-state index in [1.165, 1.54) is 12.5 Å². The molecule has 1 saturated heterocycles. The molecule has 0 radical (unpaired) electrons. The van der Waals surface area contributed by atoms with Gasteiger partial charge in [-0.05, 0) is 49.2 Å². The number of carbonyl (C=O) groups excluding carboxylic acids is 1. The number of alkyl halides is 3. The highest BCUT2D eigenvalue weighted by Gasteiger charge is 2.37. The van der Waals surface area contributed by atoms with Crippen molar-refractivity contribution in [1.82, 2.24) is 10.2 Å². The summed E-state index contributed by atoms with van der Waals surface area (Å²) in [5.41, 5.74) is 0.150. The molecule has 114 valence electrons. The van der Waals surface area contributed by atoms with Crippen LogP contribution in [0.1, 0.15) is 46.3 Å². The molecule has 0 unspecified atom stereocenters. The van der Waals surface area contributed by atoms with Crippen LogP contribution in [0, 0.1) is 0 Å². The first kappa shape index (κ1) is 14.4. The van der Waals surface area contributed by atoms with E-state index >= 15 is 0 Å². The Bertz CT molecular complexity index is 563. The van der Waals surface area contributed by atoms with Gasteiger partial charge in [0.05, 0.1) is 5.56 Å². The minimum absolute atomic E-state index is 0.0347. The molecule has 0 aliphatic carbocycles. The molecule has 2 aliphatic rings. The van der Waals surface area contributed by atoms with Crippen molar-refractivity contribution < 1.29 is 18.0 Å². The number of nitrogens with one attached hydrogen (secondary N) is 1. The maximum atomic E-state index is 13.2. The van der Waals surface area contributed by atoms with Gasteiger partial charge in [0.15, 0.2) is 0 Å². The minimum atomic E-state index is -4.42. The molecule has 1 N–H and O–H groups in total.